The van der Waals surface area contributed by atoms with E-state index in [4.69, 9.17) is 9.47 Å². The maximum atomic E-state index is 13.2. The highest BCUT2D eigenvalue weighted by atomic mass is 28.3. The summed E-state index contributed by atoms with van der Waals surface area (Å²) in [7, 11) is 0.463. The van der Waals surface area contributed by atoms with Gasteiger partial charge in [-0.05, 0) is 18.2 Å². The monoisotopic (exact) mass is 322 g/mol. The fourth-order valence-corrected chi connectivity index (χ4v) is 2.77. The molecule has 1 aromatic carbocycles. The third-order valence-electron chi connectivity index (χ3n) is 3.33. The predicted octanol–water partition coefficient (Wildman–Crippen LogP) is 4.01. The molecule has 1 heterocycles. The summed E-state index contributed by atoms with van der Waals surface area (Å²) in [6.07, 6.45) is 3.61. The van der Waals surface area contributed by atoms with E-state index in [0.29, 0.717) is 12.5 Å². The second-order valence-corrected chi connectivity index (χ2v) is 12.1. The first-order valence-electron chi connectivity index (χ1n) is 7.33. The molecule has 0 aliphatic carbocycles. The molecule has 0 amide bonds. The molecule has 4 nitrogen and oxygen atoms in total. The average Bonchev–Trinajstić information content (AvgIpc) is 2.91. The van der Waals surface area contributed by atoms with E-state index < -0.39 is 8.07 Å². The lowest BCUT2D eigenvalue weighted by Gasteiger charge is -2.15. The summed E-state index contributed by atoms with van der Waals surface area (Å²) in [5, 5.41) is 4.28. The molecule has 120 valence electrons. The molecule has 0 N–H and O–H groups in total. The van der Waals surface area contributed by atoms with Crippen LogP contribution in [0.3, 0.4) is 0 Å². The second kappa shape index (κ2) is 7.06. The average molecular weight is 322 g/mol. The van der Waals surface area contributed by atoms with E-state index in [1.165, 1.54) is 19.2 Å². The molecule has 0 atom stereocenters. The number of benzene rings is 1. The highest BCUT2D eigenvalue weighted by molar-refractivity contribution is 6.76. The SMILES string of the molecule is COc1cc(F)ccc1-c1cnn(COCC[Si](C)(C)C)c1. The molecule has 6 heteroatoms. The first-order chi connectivity index (χ1) is 10.4. The molecular weight excluding hydrogens is 299 g/mol. The van der Waals surface area contributed by atoms with E-state index >= 15 is 0 Å². The first-order valence-corrected chi connectivity index (χ1v) is 11.0. The van der Waals surface area contributed by atoms with Crippen molar-refractivity contribution in [2.24, 2.45) is 0 Å². The fourth-order valence-electron chi connectivity index (χ4n) is 2.01. The van der Waals surface area contributed by atoms with Crippen LogP contribution in [0.15, 0.2) is 30.6 Å². The summed E-state index contributed by atoms with van der Waals surface area (Å²) in [5.41, 5.74) is 1.70. The maximum Gasteiger partial charge on any atom is 0.139 e. The van der Waals surface area contributed by atoms with Crippen LogP contribution in [0.5, 0.6) is 5.75 Å². The normalized spacial score (nSPS) is 11.7. The maximum absolute atomic E-state index is 13.2. The Balaban J connectivity index is 2.00. The van der Waals surface area contributed by atoms with Crippen LogP contribution in [0.4, 0.5) is 4.39 Å². The Kier molecular flexibility index (Phi) is 5.36. The van der Waals surface area contributed by atoms with E-state index in [1.54, 1.807) is 16.9 Å². The molecular formula is C16H23FN2O2Si. The van der Waals surface area contributed by atoms with Gasteiger partial charge < -0.3 is 9.47 Å². The van der Waals surface area contributed by atoms with E-state index in [-0.39, 0.29) is 5.82 Å². The number of halogens is 1. The Hall–Kier alpha value is -1.66. The summed E-state index contributed by atoms with van der Waals surface area (Å²) < 4.78 is 25.9. The fraction of sp³-hybridized carbons (Fsp3) is 0.438. The van der Waals surface area contributed by atoms with Crippen molar-refractivity contribution in [3.05, 3.63) is 36.4 Å². The Labute approximate surface area is 131 Å². The van der Waals surface area contributed by atoms with Gasteiger partial charge in [0.05, 0.1) is 13.3 Å². The molecule has 0 unspecified atom stereocenters. The van der Waals surface area contributed by atoms with Gasteiger partial charge in [0, 0.05) is 38.1 Å². The Bertz CT molecular complexity index is 623. The minimum Gasteiger partial charge on any atom is -0.496 e. The zero-order valence-electron chi connectivity index (χ0n) is 13.6. The number of hydrogen-bond acceptors (Lipinski definition) is 3. The zero-order chi connectivity index (χ0) is 16.2. The third kappa shape index (κ3) is 4.67. The van der Waals surface area contributed by atoms with Crippen LogP contribution < -0.4 is 4.74 Å². The van der Waals surface area contributed by atoms with Crippen molar-refractivity contribution in [2.75, 3.05) is 13.7 Å². The van der Waals surface area contributed by atoms with Gasteiger partial charge >= 0.3 is 0 Å². The molecule has 0 aliphatic rings. The van der Waals surface area contributed by atoms with Crippen LogP contribution in [0.2, 0.25) is 25.7 Å². The van der Waals surface area contributed by atoms with Gasteiger partial charge in [0.15, 0.2) is 0 Å². The predicted molar refractivity (Wildman–Crippen MR) is 88.3 cm³/mol. The molecule has 2 rings (SSSR count). The van der Waals surface area contributed by atoms with E-state index in [1.807, 2.05) is 6.20 Å². The Morgan fingerprint density at radius 2 is 2.05 bits per heavy atom. The molecule has 0 aliphatic heterocycles. The van der Waals surface area contributed by atoms with Gasteiger partial charge in [-0.15, -0.1) is 0 Å². The lowest BCUT2D eigenvalue weighted by molar-refractivity contribution is 0.0786. The molecule has 2 aromatic rings. The van der Waals surface area contributed by atoms with Gasteiger partial charge in [0.1, 0.15) is 18.3 Å². The molecule has 1 aromatic heterocycles. The van der Waals surface area contributed by atoms with Crippen molar-refractivity contribution in [2.45, 2.75) is 32.4 Å². The van der Waals surface area contributed by atoms with Crippen molar-refractivity contribution in [1.29, 1.82) is 0 Å². The van der Waals surface area contributed by atoms with Crippen LogP contribution in [-0.4, -0.2) is 31.6 Å². The summed E-state index contributed by atoms with van der Waals surface area (Å²) in [5.74, 6) is 0.182. The van der Waals surface area contributed by atoms with Gasteiger partial charge in [-0.2, -0.15) is 5.10 Å². The van der Waals surface area contributed by atoms with E-state index in [0.717, 1.165) is 23.8 Å². The molecule has 0 spiro atoms. The highest BCUT2D eigenvalue weighted by Crippen LogP contribution is 2.30. The van der Waals surface area contributed by atoms with Crippen LogP contribution in [0, 0.1) is 5.82 Å². The lowest BCUT2D eigenvalue weighted by Crippen LogP contribution is -2.22. The van der Waals surface area contributed by atoms with Gasteiger partial charge in [0.2, 0.25) is 0 Å². The number of rotatable bonds is 7. The van der Waals surface area contributed by atoms with Crippen LogP contribution in [0.1, 0.15) is 0 Å². The number of methoxy groups -OCH3 is 1. The van der Waals surface area contributed by atoms with Crippen molar-refractivity contribution >= 4 is 8.07 Å². The number of ether oxygens (including phenoxy) is 2. The number of aromatic nitrogens is 2. The summed E-state index contributed by atoms with van der Waals surface area (Å²) in [4.78, 5) is 0. The van der Waals surface area contributed by atoms with Gasteiger partial charge in [-0.3, -0.25) is 0 Å². The highest BCUT2D eigenvalue weighted by Gasteiger charge is 2.12. The quantitative estimate of drug-likeness (QED) is 0.571. The summed E-state index contributed by atoms with van der Waals surface area (Å²) in [6, 6.07) is 5.62. The van der Waals surface area contributed by atoms with Gasteiger partial charge in [-0.1, -0.05) is 19.6 Å². The van der Waals surface area contributed by atoms with Gasteiger partial charge in [-0.25, -0.2) is 9.07 Å². The summed E-state index contributed by atoms with van der Waals surface area (Å²) >= 11 is 0. The van der Waals surface area contributed by atoms with Crippen molar-refractivity contribution in [3.63, 3.8) is 0 Å². The molecule has 0 bridgehead atoms. The smallest absolute Gasteiger partial charge is 0.139 e. The van der Waals surface area contributed by atoms with Crippen LogP contribution in [-0.2, 0) is 11.5 Å². The molecule has 0 fully saturated rings. The Morgan fingerprint density at radius 1 is 1.27 bits per heavy atom. The standard InChI is InChI=1S/C16H23FN2O2Si/c1-20-16-9-14(17)5-6-15(16)13-10-18-19(11-13)12-21-7-8-22(2,3)4/h5-6,9-11H,7-8,12H2,1-4H3. The minimum absolute atomic E-state index is 0.317. The molecule has 22 heavy (non-hydrogen) atoms. The second-order valence-electron chi connectivity index (χ2n) is 6.46. The third-order valence-corrected chi connectivity index (χ3v) is 5.03. The lowest BCUT2D eigenvalue weighted by atomic mass is 10.1. The van der Waals surface area contributed by atoms with Crippen LogP contribution >= 0.6 is 0 Å². The van der Waals surface area contributed by atoms with Crippen molar-refractivity contribution < 1.29 is 13.9 Å². The minimum atomic E-state index is -1.07. The molecule has 0 saturated heterocycles. The number of hydrogen-bond donors (Lipinski definition) is 0. The Morgan fingerprint density at radius 3 is 2.73 bits per heavy atom. The molecule has 0 saturated carbocycles. The summed E-state index contributed by atoms with van der Waals surface area (Å²) in [6.45, 7) is 8.15. The van der Waals surface area contributed by atoms with Gasteiger partial charge in [0.25, 0.3) is 0 Å². The molecule has 0 radical (unpaired) electrons. The topological polar surface area (TPSA) is 36.3 Å². The largest absolute Gasteiger partial charge is 0.496 e. The van der Waals surface area contributed by atoms with E-state index in [9.17, 15) is 4.39 Å². The van der Waals surface area contributed by atoms with Crippen LogP contribution in [0.25, 0.3) is 11.1 Å². The zero-order valence-corrected chi connectivity index (χ0v) is 14.6. The van der Waals surface area contributed by atoms with E-state index in [2.05, 4.69) is 24.7 Å². The van der Waals surface area contributed by atoms with Crippen molar-refractivity contribution in [3.8, 4) is 16.9 Å². The first kappa shape index (κ1) is 16.7. The number of nitrogens with zero attached hydrogens (tertiary/aromatic N) is 2. The van der Waals surface area contributed by atoms with Crippen molar-refractivity contribution in [1.82, 2.24) is 9.78 Å².